The molecule has 0 radical (unpaired) electrons. The number of aliphatic imine (C=N–C) groups is 1. The number of carbonyl (C=O) groups is 1. The number of guanidine groups is 1. The van der Waals surface area contributed by atoms with Crippen LogP contribution in [0.4, 0.5) is 10.5 Å². The highest BCUT2D eigenvalue weighted by Gasteiger charge is 2.03. The Morgan fingerprint density at radius 3 is 2.38 bits per heavy atom. The molecule has 0 bridgehead atoms. The molecule has 2 amide bonds. The Labute approximate surface area is 192 Å². The lowest BCUT2D eigenvalue weighted by molar-refractivity contribution is 0.108. The Kier molecular flexibility index (Phi) is 15.4. The number of hydrogen-bond acceptors (Lipinski definition) is 3. The zero-order chi connectivity index (χ0) is 20.8. The molecule has 0 aliphatic rings. The number of nitrogens with zero attached hydrogens (tertiary/aromatic N) is 1. The van der Waals surface area contributed by atoms with Crippen molar-refractivity contribution in [3.63, 3.8) is 0 Å². The van der Waals surface area contributed by atoms with Gasteiger partial charge in [0.25, 0.3) is 0 Å². The van der Waals surface area contributed by atoms with Gasteiger partial charge >= 0.3 is 6.03 Å². The van der Waals surface area contributed by atoms with Crippen LogP contribution in [0.25, 0.3) is 0 Å². The van der Waals surface area contributed by atoms with E-state index in [1.165, 1.54) is 0 Å². The molecule has 0 saturated heterocycles. The molecule has 29 heavy (non-hydrogen) atoms. The molecule has 1 aromatic rings. The Bertz CT molecular complexity index is 591. The Morgan fingerprint density at radius 1 is 1.10 bits per heavy atom. The second kappa shape index (κ2) is 16.3. The molecule has 1 aromatic carbocycles. The van der Waals surface area contributed by atoms with Crippen LogP contribution in [0.2, 0.25) is 0 Å². The molecular formula is C21H38IN5O2. The van der Waals surface area contributed by atoms with Crippen LogP contribution in [0, 0.1) is 5.92 Å². The van der Waals surface area contributed by atoms with Gasteiger partial charge in [-0.3, -0.25) is 0 Å². The molecule has 0 spiro atoms. The van der Waals surface area contributed by atoms with Crippen LogP contribution in [0.1, 0.15) is 46.6 Å². The van der Waals surface area contributed by atoms with Gasteiger partial charge in [0.05, 0.1) is 6.54 Å². The van der Waals surface area contributed by atoms with Crippen molar-refractivity contribution in [2.24, 2.45) is 10.9 Å². The maximum Gasteiger partial charge on any atom is 0.319 e. The molecule has 166 valence electrons. The molecule has 0 fully saturated rings. The fourth-order valence-corrected chi connectivity index (χ4v) is 2.34. The van der Waals surface area contributed by atoms with Gasteiger partial charge in [-0.25, -0.2) is 9.79 Å². The third kappa shape index (κ3) is 14.1. The first kappa shape index (κ1) is 27.5. The minimum absolute atomic E-state index is 0. The highest BCUT2D eigenvalue weighted by molar-refractivity contribution is 14.0. The molecule has 0 aromatic heterocycles. The van der Waals surface area contributed by atoms with E-state index in [4.69, 9.17) is 4.74 Å². The summed E-state index contributed by atoms with van der Waals surface area (Å²) in [6, 6.07) is 7.62. The number of hydrogen-bond donors (Lipinski definition) is 4. The summed E-state index contributed by atoms with van der Waals surface area (Å²) in [6.45, 7) is 13.9. The first-order chi connectivity index (χ1) is 13.4. The number of carbonyl (C=O) groups excluding carboxylic acids is 1. The zero-order valence-electron chi connectivity index (χ0n) is 18.4. The SMILES string of the molecule is CCNC(=NCc1ccc(NC(=O)NC(C)C)cc1)NCCCOCC(C)C.I. The van der Waals surface area contributed by atoms with Gasteiger partial charge in [-0.05, 0) is 50.8 Å². The van der Waals surface area contributed by atoms with E-state index in [-0.39, 0.29) is 36.0 Å². The largest absolute Gasteiger partial charge is 0.381 e. The molecule has 0 heterocycles. The standard InChI is InChI=1S/C21H37N5O2.HI/c1-6-22-20(23-12-7-13-28-15-16(2)3)24-14-18-8-10-19(11-9-18)26-21(27)25-17(4)5;/h8-11,16-17H,6-7,12-15H2,1-5H3,(H2,22,23,24)(H2,25,26,27);1H. The fourth-order valence-electron chi connectivity index (χ4n) is 2.34. The van der Waals surface area contributed by atoms with Gasteiger partial charge in [0.15, 0.2) is 5.96 Å². The summed E-state index contributed by atoms with van der Waals surface area (Å²) >= 11 is 0. The summed E-state index contributed by atoms with van der Waals surface area (Å²) in [7, 11) is 0. The monoisotopic (exact) mass is 519 g/mol. The van der Waals surface area contributed by atoms with Crippen LogP contribution in [0.15, 0.2) is 29.3 Å². The van der Waals surface area contributed by atoms with E-state index in [0.29, 0.717) is 12.5 Å². The molecule has 4 N–H and O–H groups in total. The minimum Gasteiger partial charge on any atom is -0.381 e. The van der Waals surface area contributed by atoms with Crippen LogP contribution >= 0.6 is 24.0 Å². The average Bonchev–Trinajstić information content (AvgIpc) is 2.62. The van der Waals surface area contributed by atoms with Crippen molar-refractivity contribution in [3.05, 3.63) is 29.8 Å². The Balaban J connectivity index is 0.00000784. The van der Waals surface area contributed by atoms with Crippen molar-refractivity contribution in [3.8, 4) is 0 Å². The molecule has 7 nitrogen and oxygen atoms in total. The van der Waals surface area contributed by atoms with E-state index in [1.807, 2.05) is 45.0 Å². The lowest BCUT2D eigenvalue weighted by Crippen LogP contribution is -2.38. The van der Waals surface area contributed by atoms with Gasteiger partial charge in [-0.15, -0.1) is 24.0 Å². The number of halogens is 1. The Morgan fingerprint density at radius 2 is 1.79 bits per heavy atom. The molecular weight excluding hydrogens is 481 g/mol. The van der Waals surface area contributed by atoms with E-state index in [9.17, 15) is 4.79 Å². The van der Waals surface area contributed by atoms with Crippen molar-refractivity contribution < 1.29 is 9.53 Å². The van der Waals surface area contributed by atoms with Gasteiger partial charge in [-0.1, -0.05) is 26.0 Å². The predicted molar refractivity (Wildman–Crippen MR) is 132 cm³/mol. The van der Waals surface area contributed by atoms with E-state index in [2.05, 4.69) is 40.1 Å². The van der Waals surface area contributed by atoms with Gasteiger partial charge in [-0.2, -0.15) is 0 Å². The second-order valence-electron chi connectivity index (χ2n) is 7.39. The number of rotatable bonds is 11. The summed E-state index contributed by atoms with van der Waals surface area (Å²) in [5.74, 6) is 1.36. The zero-order valence-corrected chi connectivity index (χ0v) is 20.7. The van der Waals surface area contributed by atoms with Crippen LogP contribution in [-0.2, 0) is 11.3 Å². The smallest absolute Gasteiger partial charge is 0.319 e. The quantitative estimate of drug-likeness (QED) is 0.154. The number of urea groups is 1. The normalized spacial score (nSPS) is 11.2. The fraction of sp³-hybridized carbons (Fsp3) is 0.619. The summed E-state index contributed by atoms with van der Waals surface area (Å²) in [5.41, 5.74) is 1.84. The minimum atomic E-state index is -0.197. The summed E-state index contributed by atoms with van der Waals surface area (Å²) in [4.78, 5) is 16.3. The van der Waals surface area contributed by atoms with E-state index in [1.54, 1.807) is 0 Å². The molecule has 0 atom stereocenters. The molecule has 0 saturated carbocycles. The number of benzene rings is 1. The molecule has 0 aliphatic heterocycles. The van der Waals surface area contributed by atoms with Gasteiger partial charge in [0.1, 0.15) is 0 Å². The third-order valence-corrected chi connectivity index (χ3v) is 3.60. The first-order valence-electron chi connectivity index (χ1n) is 10.2. The summed E-state index contributed by atoms with van der Waals surface area (Å²) in [5, 5.41) is 12.2. The highest BCUT2D eigenvalue weighted by Crippen LogP contribution is 2.10. The number of amides is 2. The first-order valence-corrected chi connectivity index (χ1v) is 10.2. The third-order valence-electron chi connectivity index (χ3n) is 3.60. The van der Waals surface area contributed by atoms with Crippen LogP contribution in [-0.4, -0.2) is 44.3 Å². The number of ether oxygens (including phenoxy) is 1. The molecule has 8 heteroatoms. The molecule has 0 aliphatic carbocycles. The highest BCUT2D eigenvalue weighted by atomic mass is 127. The second-order valence-corrected chi connectivity index (χ2v) is 7.39. The lowest BCUT2D eigenvalue weighted by atomic mass is 10.2. The lowest BCUT2D eigenvalue weighted by Gasteiger charge is -2.12. The van der Waals surface area contributed by atoms with Gasteiger partial charge in [0.2, 0.25) is 0 Å². The molecule has 1 rings (SSSR count). The Hall–Kier alpha value is -1.55. The van der Waals surface area contributed by atoms with Gasteiger partial charge in [0, 0.05) is 38.0 Å². The van der Waals surface area contributed by atoms with Crippen molar-refractivity contribution in [2.45, 2.75) is 53.6 Å². The van der Waals surface area contributed by atoms with Crippen molar-refractivity contribution >= 4 is 41.7 Å². The average molecular weight is 519 g/mol. The summed E-state index contributed by atoms with van der Waals surface area (Å²) < 4.78 is 5.59. The molecule has 0 unspecified atom stereocenters. The van der Waals surface area contributed by atoms with E-state index >= 15 is 0 Å². The van der Waals surface area contributed by atoms with Crippen molar-refractivity contribution in [2.75, 3.05) is 31.6 Å². The van der Waals surface area contributed by atoms with Crippen LogP contribution < -0.4 is 21.3 Å². The maximum absolute atomic E-state index is 11.7. The van der Waals surface area contributed by atoms with E-state index < -0.39 is 0 Å². The van der Waals surface area contributed by atoms with E-state index in [0.717, 1.165) is 49.9 Å². The topological polar surface area (TPSA) is 86.8 Å². The van der Waals surface area contributed by atoms with Crippen molar-refractivity contribution in [1.82, 2.24) is 16.0 Å². The van der Waals surface area contributed by atoms with Crippen LogP contribution in [0.3, 0.4) is 0 Å². The number of nitrogens with one attached hydrogen (secondary N) is 4. The predicted octanol–water partition coefficient (Wildman–Crippen LogP) is 3.95. The number of anilines is 1. The van der Waals surface area contributed by atoms with Crippen molar-refractivity contribution in [1.29, 1.82) is 0 Å². The maximum atomic E-state index is 11.7. The van der Waals surface area contributed by atoms with Crippen LogP contribution in [0.5, 0.6) is 0 Å². The van der Waals surface area contributed by atoms with Gasteiger partial charge < -0.3 is 26.0 Å². The summed E-state index contributed by atoms with van der Waals surface area (Å²) in [6.07, 6.45) is 0.940.